The van der Waals surface area contributed by atoms with E-state index < -0.39 is 5.91 Å². The molecule has 1 aromatic heterocycles. The van der Waals surface area contributed by atoms with Crippen LogP contribution in [0.5, 0.6) is 0 Å². The summed E-state index contributed by atoms with van der Waals surface area (Å²) in [6, 6.07) is 4.24. The number of aliphatic imine (C=N–C) groups is 1. The van der Waals surface area contributed by atoms with Gasteiger partial charge in [0.25, 0.3) is 5.91 Å². The van der Waals surface area contributed by atoms with Crippen LogP contribution in [0.15, 0.2) is 17.1 Å². The van der Waals surface area contributed by atoms with E-state index in [4.69, 9.17) is 5.73 Å². The van der Waals surface area contributed by atoms with E-state index in [1.807, 2.05) is 6.92 Å². The standard InChI is InChI=1S/C21H35N5O2/c1-4-19(26-17-8-6-5-7-9-17)16(13-27)12-23-20-18(11-10-14(2)24-20)21(28)25-15(3)22/h10-11,16-17,19,26-27H,4-9,12-13H2,1-3H3,(H,23,24)(H2,22,25,28). The molecule has 1 aliphatic rings. The van der Waals surface area contributed by atoms with Gasteiger partial charge in [-0.2, -0.15) is 4.99 Å². The minimum Gasteiger partial charge on any atom is -0.396 e. The van der Waals surface area contributed by atoms with Crippen LogP contribution in [0.4, 0.5) is 5.82 Å². The number of amides is 1. The Kier molecular flexibility index (Phi) is 8.86. The summed E-state index contributed by atoms with van der Waals surface area (Å²) in [4.78, 5) is 20.6. The summed E-state index contributed by atoms with van der Waals surface area (Å²) in [6.45, 7) is 6.19. The van der Waals surface area contributed by atoms with Crippen LogP contribution in [0.2, 0.25) is 0 Å². The predicted octanol–water partition coefficient (Wildman–Crippen LogP) is 2.63. The van der Waals surface area contributed by atoms with E-state index in [1.165, 1.54) is 32.1 Å². The second-order valence-corrected chi connectivity index (χ2v) is 7.75. The highest BCUT2D eigenvalue weighted by molar-refractivity contribution is 6.05. The number of pyridine rings is 1. The van der Waals surface area contributed by atoms with Gasteiger partial charge in [-0.15, -0.1) is 0 Å². The second-order valence-electron chi connectivity index (χ2n) is 7.75. The third-order valence-electron chi connectivity index (χ3n) is 5.37. The maximum absolute atomic E-state index is 12.3. The molecule has 0 bridgehead atoms. The number of amidine groups is 1. The molecule has 0 saturated heterocycles. The average molecular weight is 390 g/mol. The monoisotopic (exact) mass is 389 g/mol. The first kappa shape index (κ1) is 22.3. The van der Waals surface area contributed by atoms with E-state index in [2.05, 4.69) is 27.5 Å². The number of aryl methyl sites for hydroxylation is 1. The second kappa shape index (κ2) is 11.1. The Hall–Kier alpha value is -1.99. The number of nitrogens with one attached hydrogen (secondary N) is 2. The summed E-state index contributed by atoms with van der Waals surface area (Å²) >= 11 is 0. The van der Waals surface area contributed by atoms with Crippen molar-refractivity contribution >= 4 is 17.6 Å². The fourth-order valence-electron chi connectivity index (χ4n) is 3.81. The van der Waals surface area contributed by atoms with Crippen molar-refractivity contribution in [1.29, 1.82) is 0 Å². The zero-order chi connectivity index (χ0) is 20.5. The molecule has 0 spiro atoms. The lowest BCUT2D eigenvalue weighted by Crippen LogP contribution is -2.46. The van der Waals surface area contributed by atoms with Crippen LogP contribution in [0.3, 0.4) is 0 Å². The van der Waals surface area contributed by atoms with Crippen molar-refractivity contribution < 1.29 is 9.90 Å². The number of nitrogens with two attached hydrogens (primary N) is 1. The minimum absolute atomic E-state index is 0.0249. The SMILES string of the molecule is CCC(NC1CCCCC1)C(CO)CNc1nc(C)ccc1C(=O)N=C(C)N. The average Bonchev–Trinajstić information content (AvgIpc) is 2.67. The van der Waals surface area contributed by atoms with Crippen LogP contribution in [0.25, 0.3) is 0 Å². The number of hydrogen-bond acceptors (Lipinski definition) is 5. The van der Waals surface area contributed by atoms with Crippen LogP contribution < -0.4 is 16.4 Å². The molecule has 1 amide bonds. The van der Waals surface area contributed by atoms with E-state index in [0.29, 0.717) is 24.0 Å². The van der Waals surface area contributed by atoms with Crippen LogP contribution in [0, 0.1) is 12.8 Å². The maximum Gasteiger partial charge on any atom is 0.282 e. The van der Waals surface area contributed by atoms with Gasteiger partial charge >= 0.3 is 0 Å². The molecule has 2 rings (SSSR count). The van der Waals surface area contributed by atoms with Crippen LogP contribution in [0.1, 0.15) is 68.4 Å². The van der Waals surface area contributed by atoms with E-state index >= 15 is 0 Å². The fraction of sp³-hybridized carbons (Fsp3) is 0.667. The minimum atomic E-state index is -0.414. The molecule has 0 aliphatic heterocycles. The van der Waals surface area contributed by atoms with Gasteiger partial charge in [0.1, 0.15) is 11.7 Å². The Morgan fingerprint density at radius 1 is 1.36 bits per heavy atom. The zero-order valence-corrected chi connectivity index (χ0v) is 17.4. The first-order chi connectivity index (χ1) is 13.4. The number of aliphatic hydroxyl groups excluding tert-OH is 1. The van der Waals surface area contributed by atoms with Crippen molar-refractivity contribution in [3.63, 3.8) is 0 Å². The van der Waals surface area contributed by atoms with E-state index in [9.17, 15) is 9.90 Å². The molecule has 1 fully saturated rings. The summed E-state index contributed by atoms with van der Waals surface area (Å²) in [5.41, 5.74) is 6.74. The van der Waals surface area contributed by atoms with Gasteiger partial charge in [0, 0.05) is 36.8 Å². The van der Waals surface area contributed by atoms with Gasteiger partial charge in [-0.05, 0) is 45.2 Å². The summed E-state index contributed by atoms with van der Waals surface area (Å²) in [7, 11) is 0. The Labute approximate surface area is 168 Å². The molecule has 156 valence electrons. The lowest BCUT2D eigenvalue weighted by atomic mass is 9.91. The Morgan fingerprint density at radius 2 is 2.07 bits per heavy atom. The lowest BCUT2D eigenvalue weighted by molar-refractivity contribution is 0.100. The van der Waals surface area contributed by atoms with Gasteiger partial charge in [-0.3, -0.25) is 4.79 Å². The van der Waals surface area contributed by atoms with Gasteiger partial charge < -0.3 is 21.5 Å². The first-order valence-electron chi connectivity index (χ1n) is 10.4. The Morgan fingerprint density at radius 3 is 2.68 bits per heavy atom. The van der Waals surface area contributed by atoms with Crippen LogP contribution in [-0.4, -0.2) is 47.1 Å². The van der Waals surface area contributed by atoms with Crippen molar-refractivity contribution in [2.75, 3.05) is 18.5 Å². The van der Waals surface area contributed by atoms with E-state index in [1.54, 1.807) is 19.1 Å². The number of carbonyl (C=O) groups excluding carboxylic acids is 1. The fourth-order valence-corrected chi connectivity index (χ4v) is 3.81. The molecule has 0 aromatic carbocycles. The number of hydrogen-bond donors (Lipinski definition) is 4. The molecular formula is C21H35N5O2. The highest BCUT2D eigenvalue weighted by Crippen LogP contribution is 2.21. The molecule has 1 saturated carbocycles. The lowest BCUT2D eigenvalue weighted by Gasteiger charge is -2.32. The molecular weight excluding hydrogens is 354 g/mol. The normalized spacial score (nSPS) is 17.9. The van der Waals surface area contributed by atoms with Gasteiger partial charge in [-0.25, -0.2) is 4.98 Å². The van der Waals surface area contributed by atoms with Crippen LogP contribution in [-0.2, 0) is 0 Å². The Balaban J connectivity index is 2.07. The van der Waals surface area contributed by atoms with Crippen LogP contribution >= 0.6 is 0 Å². The number of rotatable bonds is 9. The van der Waals surface area contributed by atoms with Crippen molar-refractivity contribution in [2.24, 2.45) is 16.6 Å². The molecule has 0 radical (unpaired) electrons. The Bertz CT molecular complexity index is 667. The number of aliphatic hydroxyl groups is 1. The summed E-state index contributed by atoms with van der Waals surface area (Å²) in [5, 5.41) is 17.0. The topological polar surface area (TPSA) is 113 Å². The summed E-state index contributed by atoms with van der Waals surface area (Å²) in [5.74, 6) is 0.313. The number of carbonyl (C=O) groups is 1. The molecule has 5 N–H and O–H groups in total. The van der Waals surface area contributed by atoms with Gasteiger partial charge in [0.2, 0.25) is 0 Å². The molecule has 1 heterocycles. The molecule has 2 unspecified atom stereocenters. The summed E-state index contributed by atoms with van der Waals surface area (Å²) < 4.78 is 0. The highest BCUT2D eigenvalue weighted by Gasteiger charge is 2.24. The smallest absolute Gasteiger partial charge is 0.282 e. The number of anilines is 1. The van der Waals surface area contributed by atoms with Crippen molar-refractivity contribution in [3.05, 3.63) is 23.4 Å². The van der Waals surface area contributed by atoms with Crippen molar-refractivity contribution in [1.82, 2.24) is 10.3 Å². The molecule has 2 atom stereocenters. The van der Waals surface area contributed by atoms with Gasteiger partial charge in [0.05, 0.1) is 5.56 Å². The predicted molar refractivity (Wildman–Crippen MR) is 114 cm³/mol. The van der Waals surface area contributed by atoms with E-state index in [0.717, 1.165) is 12.1 Å². The van der Waals surface area contributed by atoms with Crippen molar-refractivity contribution in [2.45, 2.75) is 71.4 Å². The summed E-state index contributed by atoms with van der Waals surface area (Å²) in [6.07, 6.45) is 7.21. The highest BCUT2D eigenvalue weighted by atomic mass is 16.3. The largest absolute Gasteiger partial charge is 0.396 e. The molecule has 7 nitrogen and oxygen atoms in total. The number of aromatic nitrogens is 1. The number of nitrogens with zero attached hydrogens (tertiary/aromatic N) is 2. The van der Waals surface area contributed by atoms with Gasteiger partial charge in [-0.1, -0.05) is 26.2 Å². The molecule has 28 heavy (non-hydrogen) atoms. The molecule has 1 aromatic rings. The van der Waals surface area contributed by atoms with E-state index in [-0.39, 0.29) is 24.4 Å². The third-order valence-corrected chi connectivity index (χ3v) is 5.37. The third kappa shape index (κ3) is 6.56. The quantitative estimate of drug-likeness (QED) is 0.381. The van der Waals surface area contributed by atoms with Gasteiger partial charge in [0.15, 0.2) is 0 Å². The molecule has 7 heteroatoms. The molecule has 1 aliphatic carbocycles. The first-order valence-corrected chi connectivity index (χ1v) is 10.4. The zero-order valence-electron chi connectivity index (χ0n) is 17.4. The van der Waals surface area contributed by atoms with Crippen molar-refractivity contribution in [3.8, 4) is 0 Å². The maximum atomic E-state index is 12.3.